The SMILES string of the molecule is CN(c1nc(O)c(C(=Cc2ccc(C(F)(F)F)cc2C(F)(F)F)c2ccc3[nH]ncc3c2)s1)C1CCNCC1. The number of halogens is 6. The number of piperidine rings is 1. The number of aromatic amines is 1. The van der Waals surface area contributed by atoms with Gasteiger partial charge in [-0.3, -0.25) is 5.10 Å². The van der Waals surface area contributed by atoms with Crippen LogP contribution in [-0.2, 0) is 12.4 Å². The van der Waals surface area contributed by atoms with E-state index in [9.17, 15) is 31.4 Å². The number of alkyl halides is 6. The monoisotopic (exact) mass is 567 g/mol. The molecule has 0 amide bonds. The molecule has 0 atom stereocenters. The van der Waals surface area contributed by atoms with E-state index in [1.54, 1.807) is 24.4 Å². The lowest BCUT2D eigenvalue weighted by Crippen LogP contribution is -2.41. The first kappa shape index (κ1) is 27.0. The number of anilines is 1. The largest absolute Gasteiger partial charge is 0.492 e. The summed E-state index contributed by atoms with van der Waals surface area (Å²) in [5.74, 6) is -0.380. The number of hydrogen-bond acceptors (Lipinski definition) is 6. The van der Waals surface area contributed by atoms with Crippen LogP contribution in [0.4, 0.5) is 31.5 Å². The summed E-state index contributed by atoms with van der Waals surface area (Å²) >= 11 is 1.10. The van der Waals surface area contributed by atoms with E-state index in [4.69, 9.17) is 0 Å². The Morgan fingerprint density at radius 2 is 1.79 bits per heavy atom. The van der Waals surface area contributed by atoms with Gasteiger partial charge in [-0.2, -0.15) is 36.4 Å². The summed E-state index contributed by atoms with van der Waals surface area (Å²) < 4.78 is 81.6. The molecule has 0 spiro atoms. The summed E-state index contributed by atoms with van der Waals surface area (Å²) in [5.41, 5.74) is -2.01. The van der Waals surface area contributed by atoms with Crippen molar-refractivity contribution in [2.24, 2.45) is 0 Å². The van der Waals surface area contributed by atoms with Crippen molar-refractivity contribution < 1.29 is 31.4 Å². The van der Waals surface area contributed by atoms with Crippen molar-refractivity contribution >= 4 is 39.0 Å². The Kier molecular flexibility index (Phi) is 7.06. The Balaban J connectivity index is 1.67. The smallest absolute Gasteiger partial charge is 0.417 e. The van der Waals surface area contributed by atoms with Crippen molar-refractivity contribution in [2.75, 3.05) is 25.0 Å². The lowest BCUT2D eigenvalue weighted by Gasteiger charge is -2.31. The van der Waals surface area contributed by atoms with E-state index in [1.807, 2.05) is 11.9 Å². The second-order valence-corrected chi connectivity index (χ2v) is 10.2. The molecule has 1 aliphatic heterocycles. The molecule has 1 aliphatic rings. The van der Waals surface area contributed by atoms with Gasteiger partial charge in [0, 0.05) is 24.0 Å². The maximum Gasteiger partial charge on any atom is 0.417 e. The van der Waals surface area contributed by atoms with E-state index in [-0.39, 0.29) is 28.4 Å². The maximum atomic E-state index is 14.0. The minimum Gasteiger partial charge on any atom is -0.492 e. The average molecular weight is 568 g/mol. The minimum atomic E-state index is -5.05. The van der Waals surface area contributed by atoms with Crippen molar-refractivity contribution in [3.63, 3.8) is 0 Å². The fourth-order valence-electron chi connectivity index (χ4n) is 4.63. The highest BCUT2D eigenvalue weighted by molar-refractivity contribution is 7.17. The van der Waals surface area contributed by atoms with Crippen LogP contribution in [0.3, 0.4) is 0 Å². The molecule has 2 aromatic heterocycles. The standard InChI is InChI=1S/C26H23F6N5OS/c1-37(18-6-8-33-9-7-18)24-35-23(38)22(39-24)19(14-3-5-21-16(10-14)13-34-36-21)11-15-2-4-17(25(27,28)29)12-20(15)26(30,31)32/h2-5,10-13,18,33,38H,6-9H2,1H3,(H,34,36). The van der Waals surface area contributed by atoms with Gasteiger partial charge in [0.25, 0.3) is 0 Å². The third-order valence-corrected chi connectivity index (χ3v) is 7.91. The van der Waals surface area contributed by atoms with Crippen LogP contribution in [0.1, 0.15) is 40.0 Å². The molecule has 3 heterocycles. The van der Waals surface area contributed by atoms with E-state index >= 15 is 0 Å². The first-order chi connectivity index (χ1) is 18.4. The van der Waals surface area contributed by atoms with Crippen molar-refractivity contribution in [1.82, 2.24) is 20.5 Å². The molecule has 4 aromatic rings. The number of nitrogens with one attached hydrogen (secondary N) is 2. The van der Waals surface area contributed by atoms with Gasteiger partial charge in [-0.1, -0.05) is 23.5 Å². The second-order valence-electron chi connectivity index (χ2n) is 9.27. The molecule has 0 aliphatic carbocycles. The van der Waals surface area contributed by atoms with Gasteiger partial charge in [-0.15, -0.1) is 0 Å². The molecule has 1 fully saturated rings. The summed E-state index contributed by atoms with van der Waals surface area (Å²) in [6.45, 7) is 1.65. The van der Waals surface area contributed by atoms with E-state index in [0.29, 0.717) is 27.7 Å². The molecule has 0 unspecified atom stereocenters. The summed E-state index contributed by atoms with van der Waals surface area (Å²) in [6, 6.07) is 6.67. The van der Waals surface area contributed by atoms with Crippen molar-refractivity contribution in [2.45, 2.75) is 31.2 Å². The van der Waals surface area contributed by atoms with Gasteiger partial charge < -0.3 is 15.3 Å². The Bertz CT molecular complexity index is 1520. The van der Waals surface area contributed by atoms with Crippen LogP contribution in [0.25, 0.3) is 22.6 Å². The van der Waals surface area contributed by atoms with Crippen LogP contribution >= 0.6 is 11.3 Å². The zero-order chi connectivity index (χ0) is 27.9. The molecule has 0 saturated carbocycles. The first-order valence-electron chi connectivity index (χ1n) is 12.0. The van der Waals surface area contributed by atoms with Crippen molar-refractivity contribution in [1.29, 1.82) is 0 Å². The number of aromatic nitrogens is 3. The number of hydrogen-bond donors (Lipinski definition) is 3. The molecule has 0 bridgehead atoms. The van der Waals surface area contributed by atoms with Crippen LogP contribution in [-0.4, -0.2) is 46.5 Å². The van der Waals surface area contributed by atoms with Gasteiger partial charge in [-0.25, -0.2) is 0 Å². The first-order valence-corrected chi connectivity index (χ1v) is 12.8. The number of nitrogens with zero attached hydrogens (tertiary/aromatic N) is 3. The molecular formula is C26H23F6N5OS. The maximum absolute atomic E-state index is 14.0. The Morgan fingerprint density at radius 3 is 2.49 bits per heavy atom. The molecule has 6 nitrogen and oxygen atoms in total. The summed E-state index contributed by atoms with van der Waals surface area (Å²) in [4.78, 5) is 6.42. The molecule has 206 valence electrons. The summed E-state index contributed by atoms with van der Waals surface area (Å²) in [5, 5.41) is 22.1. The van der Waals surface area contributed by atoms with Gasteiger partial charge in [0.15, 0.2) is 5.13 Å². The quantitative estimate of drug-likeness (QED) is 0.189. The van der Waals surface area contributed by atoms with Gasteiger partial charge >= 0.3 is 12.4 Å². The highest BCUT2D eigenvalue weighted by Gasteiger charge is 2.38. The van der Waals surface area contributed by atoms with Gasteiger partial charge in [0.1, 0.15) is 4.88 Å². The molecule has 13 heteroatoms. The molecule has 2 aromatic carbocycles. The molecule has 0 radical (unpaired) electrons. The molecule has 1 saturated heterocycles. The molecule has 39 heavy (non-hydrogen) atoms. The predicted molar refractivity (Wildman–Crippen MR) is 138 cm³/mol. The summed E-state index contributed by atoms with van der Waals surface area (Å²) in [7, 11) is 1.84. The van der Waals surface area contributed by atoms with Gasteiger partial charge in [-0.05, 0) is 67.4 Å². The number of thiazole rings is 1. The second kappa shape index (κ2) is 10.2. The topological polar surface area (TPSA) is 77.1 Å². The predicted octanol–water partition coefficient (Wildman–Crippen LogP) is 6.54. The van der Waals surface area contributed by atoms with E-state index in [1.165, 1.54) is 0 Å². The normalized spacial score (nSPS) is 15.7. The lowest BCUT2D eigenvalue weighted by molar-refractivity contribution is -0.143. The zero-order valence-corrected chi connectivity index (χ0v) is 21.3. The Hall–Kier alpha value is -3.58. The van der Waals surface area contributed by atoms with Gasteiger partial charge in [0.05, 0.1) is 22.8 Å². The minimum absolute atomic E-state index is 0.103. The van der Waals surface area contributed by atoms with Crippen molar-refractivity contribution in [3.8, 4) is 5.88 Å². The van der Waals surface area contributed by atoms with Gasteiger partial charge in [0.2, 0.25) is 5.88 Å². The third kappa shape index (κ3) is 5.59. The summed E-state index contributed by atoms with van der Waals surface area (Å²) in [6.07, 6.45) is -5.60. The molecular weight excluding hydrogens is 544 g/mol. The number of rotatable bonds is 5. The number of H-pyrrole nitrogens is 1. The zero-order valence-electron chi connectivity index (χ0n) is 20.5. The van der Waals surface area contributed by atoms with Crippen LogP contribution in [0.5, 0.6) is 5.88 Å². The highest BCUT2D eigenvalue weighted by Crippen LogP contribution is 2.43. The number of fused-ring (bicyclic) bond motifs is 1. The third-order valence-electron chi connectivity index (χ3n) is 6.74. The Morgan fingerprint density at radius 1 is 1.05 bits per heavy atom. The highest BCUT2D eigenvalue weighted by atomic mass is 32.1. The van der Waals surface area contributed by atoms with Crippen LogP contribution < -0.4 is 10.2 Å². The van der Waals surface area contributed by atoms with E-state index < -0.39 is 29.0 Å². The average Bonchev–Trinajstić information content (AvgIpc) is 3.52. The number of benzene rings is 2. The lowest BCUT2D eigenvalue weighted by atomic mass is 9.96. The van der Waals surface area contributed by atoms with Crippen molar-refractivity contribution in [3.05, 3.63) is 69.7 Å². The van der Waals surface area contributed by atoms with Crippen LogP contribution in [0.15, 0.2) is 42.6 Å². The van der Waals surface area contributed by atoms with Crippen LogP contribution in [0, 0.1) is 0 Å². The number of aromatic hydroxyl groups is 1. The fourth-order valence-corrected chi connectivity index (χ4v) is 5.66. The Labute approximate surface area is 223 Å². The van der Waals surface area contributed by atoms with E-state index in [0.717, 1.165) is 49.4 Å². The molecule has 5 rings (SSSR count). The molecule has 3 N–H and O–H groups in total. The van der Waals surface area contributed by atoms with Crippen LogP contribution in [0.2, 0.25) is 0 Å². The van der Waals surface area contributed by atoms with E-state index in [2.05, 4.69) is 20.5 Å². The fraction of sp³-hybridized carbons (Fsp3) is 0.308.